The number of nitriles is 1. The lowest BCUT2D eigenvalue weighted by Gasteiger charge is -2.06. The van der Waals surface area contributed by atoms with Crippen molar-refractivity contribution in [2.24, 2.45) is 0 Å². The number of carbonyl (C=O) groups is 1. The molecule has 19 heavy (non-hydrogen) atoms. The first-order chi connectivity index (χ1) is 9.15. The average molecular weight is 260 g/mol. The largest absolute Gasteiger partial charge is 0.494 e. The Balaban J connectivity index is 2.23. The molecule has 6 nitrogen and oxygen atoms in total. The first kappa shape index (κ1) is 12.6. The number of halogens is 1. The van der Waals surface area contributed by atoms with Gasteiger partial charge in [-0.3, -0.25) is 9.89 Å². The summed E-state index contributed by atoms with van der Waals surface area (Å²) >= 11 is 0. The van der Waals surface area contributed by atoms with Crippen molar-refractivity contribution in [1.82, 2.24) is 10.2 Å². The van der Waals surface area contributed by atoms with Crippen LogP contribution in [0.25, 0.3) is 0 Å². The van der Waals surface area contributed by atoms with Crippen LogP contribution in [-0.2, 0) is 0 Å². The van der Waals surface area contributed by atoms with Gasteiger partial charge in [-0.1, -0.05) is 0 Å². The van der Waals surface area contributed by atoms with Crippen molar-refractivity contribution in [2.45, 2.75) is 0 Å². The second kappa shape index (κ2) is 5.18. The zero-order valence-corrected chi connectivity index (χ0v) is 9.90. The third-order valence-corrected chi connectivity index (χ3v) is 2.41. The summed E-state index contributed by atoms with van der Waals surface area (Å²) in [5.74, 6) is -0.897. The molecule has 0 bridgehead atoms. The van der Waals surface area contributed by atoms with E-state index in [9.17, 15) is 9.18 Å². The van der Waals surface area contributed by atoms with Gasteiger partial charge in [-0.05, 0) is 18.2 Å². The first-order valence-electron chi connectivity index (χ1n) is 5.24. The third-order valence-electron chi connectivity index (χ3n) is 2.41. The fourth-order valence-electron chi connectivity index (χ4n) is 1.45. The van der Waals surface area contributed by atoms with E-state index in [1.165, 1.54) is 25.4 Å². The quantitative estimate of drug-likeness (QED) is 0.878. The number of aromatic nitrogens is 2. The standard InChI is InChI=1S/C12H9FN4O2/c1-19-10-4-7(2-3-9(10)13)12(18)16-11-8(5-14)6-15-17-11/h2-4,6H,1H3,(H2,15,16,17,18). The van der Waals surface area contributed by atoms with Gasteiger partial charge in [-0.25, -0.2) is 4.39 Å². The predicted octanol–water partition coefficient (Wildman–Crippen LogP) is 1.68. The molecule has 1 aromatic heterocycles. The Morgan fingerprint density at radius 1 is 1.58 bits per heavy atom. The molecule has 0 radical (unpaired) electrons. The summed E-state index contributed by atoms with van der Waals surface area (Å²) < 4.78 is 18.0. The van der Waals surface area contributed by atoms with Crippen molar-refractivity contribution in [3.05, 3.63) is 41.3 Å². The van der Waals surface area contributed by atoms with Crippen molar-refractivity contribution in [3.63, 3.8) is 0 Å². The van der Waals surface area contributed by atoms with Gasteiger partial charge in [0, 0.05) is 5.56 Å². The molecular formula is C12H9FN4O2. The number of amides is 1. The molecule has 0 unspecified atom stereocenters. The van der Waals surface area contributed by atoms with E-state index in [0.29, 0.717) is 0 Å². The van der Waals surface area contributed by atoms with E-state index in [0.717, 1.165) is 6.07 Å². The van der Waals surface area contributed by atoms with E-state index in [1.54, 1.807) is 0 Å². The van der Waals surface area contributed by atoms with E-state index in [4.69, 9.17) is 10.00 Å². The van der Waals surface area contributed by atoms with Crippen LogP contribution in [0.5, 0.6) is 5.75 Å². The Bertz CT molecular complexity index is 660. The Morgan fingerprint density at radius 2 is 2.37 bits per heavy atom. The molecule has 0 saturated heterocycles. The number of hydrogen-bond donors (Lipinski definition) is 2. The van der Waals surface area contributed by atoms with Gasteiger partial charge in [0.25, 0.3) is 5.91 Å². The lowest BCUT2D eigenvalue weighted by Crippen LogP contribution is -2.13. The molecule has 0 aliphatic carbocycles. The lowest BCUT2D eigenvalue weighted by molar-refractivity contribution is 0.102. The fourth-order valence-corrected chi connectivity index (χ4v) is 1.45. The zero-order valence-electron chi connectivity index (χ0n) is 9.90. The number of nitrogens with one attached hydrogen (secondary N) is 2. The van der Waals surface area contributed by atoms with Crippen LogP contribution in [0.1, 0.15) is 15.9 Å². The van der Waals surface area contributed by atoms with Crippen molar-refractivity contribution in [3.8, 4) is 11.8 Å². The smallest absolute Gasteiger partial charge is 0.256 e. The Hall–Kier alpha value is -2.88. The molecule has 0 atom stereocenters. The highest BCUT2D eigenvalue weighted by molar-refractivity contribution is 6.04. The molecule has 1 heterocycles. The topological polar surface area (TPSA) is 90.8 Å². The van der Waals surface area contributed by atoms with Crippen molar-refractivity contribution >= 4 is 11.7 Å². The molecule has 0 aliphatic rings. The highest BCUT2D eigenvalue weighted by Gasteiger charge is 2.13. The molecule has 0 fully saturated rings. The minimum Gasteiger partial charge on any atom is -0.494 e. The minimum absolute atomic E-state index is 0.0298. The van der Waals surface area contributed by atoms with Crippen LogP contribution in [0.15, 0.2) is 24.4 Å². The van der Waals surface area contributed by atoms with Gasteiger partial charge in [0.1, 0.15) is 17.5 Å². The molecule has 1 aromatic carbocycles. The van der Waals surface area contributed by atoms with Crippen LogP contribution >= 0.6 is 0 Å². The molecule has 2 N–H and O–H groups in total. The monoisotopic (exact) mass is 260 g/mol. The maximum atomic E-state index is 13.2. The Labute approximate surface area is 107 Å². The lowest BCUT2D eigenvalue weighted by atomic mass is 10.2. The van der Waals surface area contributed by atoms with Gasteiger partial charge in [0.15, 0.2) is 11.6 Å². The number of aromatic amines is 1. The van der Waals surface area contributed by atoms with Gasteiger partial charge < -0.3 is 10.1 Å². The van der Waals surface area contributed by atoms with Gasteiger partial charge >= 0.3 is 0 Å². The molecule has 0 aliphatic heterocycles. The number of carbonyl (C=O) groups excluding carboxylic acids is 1. The van der Waals surface area contributed by atoms with Crippen molar-refractivity contribution in [2.75, 3.05) is 12.4 Å². The van der Waals surface area contributed by atoms with E-state index in [-0.39, 0.29) is 22.7 Å². The average Bonchev–Trinajstić information content (AvgIpc) is 2.86. The zero-order chi connectivity index (χ0) is 13.8. The molecule has 7 heteroatoms. The maximum Gasteiger partial charge on any atom is 0.256 e. The van der Waals surface area contributed by atoms with Crippen LogP contribution < -0.4 is 10.1 Å². The Kier molecular flexibility index (Phi) is 3.43. The van der Waals surface area contributed by atoms with Crippen LogP contribution in [-0.4, -0.2) is 23.2 Å². The van der Waals surface area contributed by atoms with Crippen LogP contribution in [0, 0.1) is 17.1 Å². The maximum absolute atomic E-state index is 13.2. The third kappa shape index (κ3) is 2.52. The fraction of sp³-hybridized carbons (Fsp3) is 0.0833. The number of methoxy groups -OCH3 is 1. The van der Waals surface area contributed by atoms with E-state index < -0.39 is 11.7 Å². The summed E-state index contributed by atoms with van der Waals surface area (Å²) in [5.41, 5.74) is 0.416. The predicted molar refractivity (Wildman–Crippen MR) is 64.2 cm³/mol. The summed E-state index contributed by atoms with van der Waals surface area (Å²) in [4.78, 5) is 11.9. The number of ether oxygens (including phenoxy) is 1. The number of H-pyrrole nitrogens is 1. The summed E-state index contributed by atoms with van der Waals surface area (Å²) in [6, 6.07) is 5.59. The highest BCUT2D eigenvalue weighted by Crippen LogP contribution is 2.19. The molecule has 96 valence electrons. The first-order valence-corrected chi connectivity index (χ1v) is 5.24. The second-order valence-electron chi connectivity index (χ2n) is 3.57. The van der Waals surface area contributed by atoms with Gasteiger partial charge in [0.2, 0.25) is 0 Å². The molecule has 0 saturated carbocycles. The molecular weight excluding hydrogens is 251 g/mol. The summed E-state index contributed by atoms with van der Waals surface area (Å²) in [5, 5.41) is 17.4. The number of hydrogen-bond acceptors (Lipinski definition) is 4. The molecule has 2 rings (SSSR count). The molecule has 1 amide bonds. The van der Waals surface area contributed by atoms with Gasteiger partial charge in [-0.2, -0.15) is 10.4 Å². The number of nitrogens with zero attached hydrogens (tertiary/aromatic N) is 2. The Morgan fingerprint density at radius 3 is 3.05 bits per heavy atom. The number of rotatable bonds is 3. The SMILES string of the molecule is COc1cc(C(=O)Nc2[nH]ncc2C#N)ccc1F. The number of benzene rings is 1. The number of anilines is 1. The second-order valence-corrected chi connectivity index (χ2v) is 3.57. The van der Waals surface area contributed by atoms with Crippen LogP contribution in [0.3, 0.4) is 0 Å². The normalized spacial score (nSPS) is 9.74. The summed E-state index contributed by atoms with van der Waals surface area (Å²) in [6.45, 7) is 0. The van der Waals surface area contributed by atoms with E-state index in [1.807, 2.05) is 6.07 Å². The summed E-state index contributed by atoms with van der Waals surface area (Å²) in [6.07, 6.45) is 1.29. The summed E-state index contributed by atoms with van der Waals surface area (Å²) in [7, 11) is 1.31. The van der Waals surface area contributed by atoms with Crippen LogP contribution in [0.4, 0.5) is 10.2 Å². The van der Waals surface area contributed by atoms with Crippen molar-refractivity contribution < 1.29 is 13.9 Å². The molecule has 0 spiro atoms. The van der Waals surface area contributed by atoms with E-state index >= 15 is 0 Å². The van der Waals surface area contributed by atoms with E-state index in [2.05, 4.69) is 15.5 Å². The van der Waals surface area contributed by atoms with Gasteiger partial charge in [0.05, 0.1) is 13.3 Å². The van der Waals surface area contributed by atoms with Gasteiger partial charge in [-0.15, -0.1) is 0 Å². The molecule has 2 aromatic rings. The highest BCUT2D eigenvalue weighted by atomic mass is 19.1. The minimum atomic E-state index is -0.557. The van der Waals surface area contributed by atoms with Crippen molar-refractivity contribution in [1.29, 1.82) is 5.26 Å². The van der Waals surface area contributed by atoms with Crippen LogP contribution in [0.2, 0.25) is 0 Å².